The summed E-state index contributed by atoms with van der Waals surface area (Å²) in [5.41, 5.74) is 2.40. The molecule has 1 atom stereocenters. The Bertz CT molecular complexity index is 1360. The molecule has 0 bridgehead atoms. The minimum absolute atomic E-state index is 0.0825. The van der Waals surface area contributed by atoms with Crippen molar-refractivity contribution in [2.75, 3.05) is 50.1 Å². The van der Waals surface area contributed by atoms with E-state index >= 15 is 0 Å². The van der Waals surface area contributed by atoms with Crippen LogP contribution in [0.2, 0.25) is 0 Å². The molecule has 0 saturated carbocycles. The Kier molecular flexibility index (Phi) is 10.3. The van der Waals surface area contributed by atoms with Crippen LogP contribution in [0.5, 0.6) is 5.75 Å². The van der Waals surface area contributed by atoms with Crippen molar-refractivity contribution in [3.63, 3.8) is 0 Å². The molecule has 1 aliphatic rings. The number of amides is 3. The molecule has 2 aromatic heterocycles. The molecule has 1 unspecified atom stereocenters. The number of pyridine rings is 1. The number of ether oxygens (including phenoxy) is 1. The zero-order valence-corrected chi connectivity index (χ0v) is 25.9. The fourth-order valence-electron chi connectivity index (χ4n) is 5.16. The zero-order chi connectivity index (χ0) is 30.3. The molecule has 0 saturated heterocycles. The van der Waals surface area contributed by atoms with Crippen molar-refractivity contribution in [1.82, 2.24) is 15.2 Å². The quantitative estimate of drug-likeness (QED) is 0.229. The van der Waals surface area contributed by atoms with E-state index in [0.29, 0.717) is 49.8 Å². The van der Waals surface area contributed by atoms with Gasteiger partial charge in [0.25, 0.3) is 0 Å². The molecule has 0 spiro atoms. The number of carbonyl (C=O) groups is 3. The maximum atomic E-state index is 13.1. The Hall–Kier alpha value is -3.76. The first-order valence-electron chi connectivity index (χ1n) is 14.4. The van der Waals surface area contributed by atoms with Crippen LogP contribution in [-0.4, -0.2) is 67.9 Å². The van der Waals surface area contributed by atoms with Crippen LogP contribution in [0.4, 0.5) is 11.4 Å². The van der Waals surface area contributed by atoms with Crippen LogP contribution in [0.15, 0.2) is 59.6 Å². The van der Waals surface area contributed by atoms with Gasteiger partial charge in [-0.15, -0.1) is 0 Å². The van der Waals surface area contributed by atoms with E-state index in [0.717, 1.165) is 24.0 Å². The molecule has 224 valence electrons. The first kappa shape index (κ1) is 31.2. The highest BCUT2D eigenvalue weighted by molar-refractivity contribution is 7.08. The Labute approximate surface area is 252 Å². The van der Waals surface area contributed by atoms with E-state index in [1.165, 1.54) is 0 Å². The van der Waals surface area contributed by atoms with Crippen molar-refractivity contribution in [3.05, 3.63) is 70.7 Å². The molecule has 3 amide bonds. The molecule has 0 aliphatic carbocycles. The zero-order valence-electron chi connectivity index (χ0n) is 25.1. The summed E-state index contributed by atoms with van der Waals surface area (Å²) in [5, 5.41) is 7.60. The van der Waals surface area contributed by atoms with Gasteiger partial charge in [0, 0.05) is 58.2 Å². The van der Waals surface area contributed by atoms with E-state index in [1.807, 2.05) is 61.1 Å². The lowest BCUT2D eigenvalue weighted by Gasteiger charge is -2.27. The topological polar surface area (TPSA) is 95.1 Å². The monoisotopic (exact) mass is 591 g/mol. The molecule has 3 heterocycles. The SMILES string of the molecule is CCN1C(=O)C(C)(C)C(=O)N(C)c2cc(OCCCC(NCCN(C)C(=O)Cc3ccsc3)c3ccncc3)ccc21. The Morgan fingerprint density at radius 3 is 2.57 bits per heavy atom. The summed E-state index contributed by atoms with van der Waals surface area (Å²) in [5.74, 6) is 0.303. The van der Waals surface area contributed by atoms with Gasteiger partial charge in [0.05, 0.1) is 24.4 Å². The molecule has 42 heavy (non-hydrogen) atoms. The van der Waals surface area contributed by atoms with Gasteiger partial charge in [-0.2, -0.15) is 11.3 Å². The summed E-state index contributed by atoms with van der Waals surface area (Å²) in [6, 6.07) is 11.6. The first-order valence-corrected chi connectivity index (χ1v) is 15.3. The van der Waals surface area contributed by atoms with Gasteiger partial charge in [-0.1, -0.05) is 0 Å². The number of thiophene rings is 1. The molecule has 3 aromatic rings. The van der Waals surface area contributed by atoms with Crippen LogP contribution in [0.3, 0.4) is 0 Å². The smallest absolute Gasteiger partial charge is 0.242 e. The van der Waals surface area contributed by atoms with Crippen molar-refractivity contribution in [3.8, 4) is 5.75 Å². The molecular weight excluding hydrogens is 550 g/mol. The van der Waals surface area contributed by atoms with Crippen molar-refractivity contribution < 1.29 is 19.1 Å². The first-order chi connectivity index (χ1) is 20.1. The number of carbonyl (C=O) groups excluding carboxylic acids is 3. The molecule has 0 fully saturated rings. The second kappa shape index (κ2) is 13.9. The molecule has 1 aliphatic heterocycles. The minimum Gasteiger partial charge on any atom is -0.494 e. The normalized spacial score (nSPS) is 15.3. The lowest BCUT2D eigenvalue weighted by Crippen LogP contribution is -2.47. The van der Waals surface area contributed by atoms with E-state index in [9.17, 15) is 14.4 Å². The fraction of sp³-hybridized carbons (Fsp3) is 0.438. The lowest BCUT2D eigenvalue weighted by atomic mass is 9.90. The predicted molar refractivity (Wildman–Crippen MR) is 167 cm³/mol. The predicted octanol–water partition coefficient (Wildman–Crippen LogP) is 4.69. The van der Waals surface area contributed by atoms with Crippen molar-refractivity contribution in [2.24, 2.45) is 5.41 Å². The summed E-state index contributed by atoms with van der Waals surface area (Å²) >= 11 is 1.60. The van der Waals surface area contributed by atoms with Gasteiger partial charge < -0.3 is 24.8 Å². The van der Waals surface area contributed by atoms with E-state index in [-0.39, 0.29) is 23.8 Å². The molecule has 4 rings (SSSR count). The van der Waals surface area contributed by atoms with Crippen LogP contribution >= 0.6 is 11.3 Å². The summed E-state index contributed by atoms with van der Waals surface area (Å²) < 4.78 is 6.12. The van der Waals surface area contributed by atoms with Gasteiger partial charge in [-0.05, 0) is 85.8 Å². The second-order valence-electron chi connectivity index (χ2n) is 11.1. The minimum atomic E-state index is -1.15. The third-order valence-electron chi connectivity index (χ3n) is 7.75. The van der Waals surface area contributed by atoms with Crippen LogP contribution < -0.4 is 19.9 Å². The van der Waals surface area contributed by atoms with Crippen LogP contribution in [0.25, 0.3) is 0 Å². The van der Waals surface area contributed by atoms with E-state index in [2.05, 4.69) is 10.3 Å². The number of nitrogens with one attached hydrogen (secondary N) is 1. The average molecular weight is 592 g/mol. The molecule has 1 N–H and O–H groups in total. The summed E-state index contributed by atoms with van der Waals surface area (Å²) in [7, 11) is 3.55. The number of hydrogen-bond donors (Lipinski definition) is 1. The third kappa shape index (κ3) is 7.17. The number of rotatable bonds is 13. The number of likely N-dealkylation sites (N-methyl/N-ethyl adjacent to an activating group) is 1. The molecule has 1 aromatic carbocycles. The number of anilines is 2. The van der Waals surface area contributed by atoms with Gasteiger partial charge in [0.2, 0.25) is 17.7 Å². The van der Waals surface area contributed by atoms with E-state index in [4.69, 9.17) is 4.74 Å². The summed E-state index contributed by atoms with van der Waals surface area (Å²) in [4.78, 5) is 48.0. The van der Waals surface area contributed by atoms with Crippen LogP contribution in [-0.2, 0) is 20.8 Å². The van der Waals surface area contributed by atoms with Crippen molar-refractivity contribution >= 4 is 40.4 Å². The number of benzene rings is 1. The molecule has 9 nitrogen and oxygen atoms in total. The van der Waals surface area contributed by atoms with Crippen LogP contribution in [0.1, 0.15) is 50.8 Å². The van der Waals surface area contributed by atoms with Gasteiger partial charge >= 0.3 is 0 Å². The highest BCUT2D eigenvalue weighted by atomic mass is 32.1. The number of nitrogens with zero attached hydrogens (tertiary/aromatic N) is 4. The Morgan fingerprint density at radius 2 is 1.88 bits per heavy atom. The number of hydrogen-bond acceptors (Lipinski definition) is 7. The van der Waals surface area contributed by atoms with E-state index in [1.54, 1.807) is 59.3 Å². The number of aromatic nitrogens is 1. The van der Waals surface area contributed by atoms with Gasteiger partial charge in [0.1, 0.15) is 11.2 Å². The fourth-order valence-corrected chi connectivity index (χ4v) is 5.83. The molecular formula is C32H41N5O4S. The maximum Gasteiger partial charge on any atom is 0.242 e. The Balaban J connectivity index is 1.34. The second-order valence-corrected chi connectivity index (χ2v) is 11.9. The summed E-state index contributed by atoms with van der Waals surface area (Å²) in [6.07, 6.45) is 5.60. The van der Waals surface area contributed by atoms with Gasteiger partial charge in [0.15, 0.2) is 0 Å². The van der Waals surface area contributed by atoms with Crippen LogP contribution in [0, 0.1) is 5.41 Å². The summed E-state index contributed by atoms with van der Waals surface area (Å²) in [6.45, 7) is 7.48. The van der Waals surface area contributed by atoms with Gasteiger partial charge in [-0.3, -0.25) is 19.4 Å². The Morgan fingerprint density at radius 1 is 1.12 bits per heavy atom. The van der Waals surface area contributed by atoms with Gasteiger partial charge in [-0.25, -0.2) is 0 Å². The van der Waals surface area contributed by atoms with Crippen molar-refractivity contribution in [1.29, 1.82) is 0 Å². The number of fused-ring (bicyclic) bond motifs is 1. The average Bonchev–Trinajstić information content (AvgIpc) is 3.50. The molecule has 0 radical (unpaired) electrons. The largest absolute Gasteiger partial charge is 0.494 e. The maximum absolute atomic E-state index is 13.1. The highest BCUT2D eigenvalue weighted by Crippen LogP contribution is 2.40. The molecule has 10 heteroatoms. The van der Waals surface area contributed by atoms with Crippen molar-refractivity contribution in [2.45, 2.75) is 46.1 Å². The highest BCUT2D eigenvalue weighted by Gasteiger charge is 2.45. The van der Waals surface area contributed by atoms with E-state index < -0.39 is 5.41 Å². The third-order valence-corrected chi connectivity index (χ3v) is 8.48. The standard InChI is InChI=1S/C32H41N5O4S/c1-6-37-27-10-9-25(21-28(27)36(5)30(39)32(2,3)31(37)40)41-18-7-8-26(24-11-14-33-15-12-24)34-16-17-35(4)29(38)20-23-13-19-42-22-23/h9-15,19,21-22,26,34H,6-8,16-18,20H2,1-5H3. The lowest BCUT2D eigenvalue weighted by molar-refractivity contribution is -0.137.